The number of rotatable bonds is 8. The topological polar surface area (TPSA) is 147 Å². The standard InChI is InChI=1S/C10H13F5O9S/c1-8(3-16,4-17)7(19)23-2-5(18)24-6(9(11,12)13)10(14,15)25(20,21)22/h6,16-17H,2-4H2,1H3,(H,20,21,22). The molecule has 0 saturated carbocycles. The third-order valence-corrected chi connectivity index (χ3v) is 3.61. The Labute approximate surface area is 137 Å². The summed E-state index contributed by atoms with van der Waals surface area (Å²) in [6, 6.07) is 0. The summed E-state index contributed by atoms with van der Waals surface area (Å²) in [5.41, 5.74) is -1.94. The molecule has 0 saturated heterocycles. The number of esters is 2. The first kappa shape index (κ1) is 23.4. The molecule has 15 heteroatoms. The summed E-state index contributed by atoms with van der Waals surface area (Å²) < 4.78 is 100. The molecule has 0 radical (unpaired) electrons. The number of aliphatic hydroxyl groups is 2. The summed E-state index contributed by atoms with van der Waals surface area (Å²) in [5.74, 6) is -3.70. The third kappa shape index (κ3) is 5.72. The van der Waals surface area contributed by atoms with Crippen molar-refractivity contribution in [2.45, 2.75) is 24.5 Å². The zero-order valence-corrected chi connectivity index (χ0v) is 13.1. The van der Waals surface area contributed by atoms with E-state index in [4.69, 9.17) is 14.8 Å². The Morgan fingerprint density at radius 2 is 1.52 bits per heavy atom. The number of carbonyl (C=O) groups is 2. The molecular weight excluding hydrogens is 391 g/mol. The van der Waals surface area contributed by atoms with Gasteiger partial charge in [-0.15, -0.1) is 0 Å². The maximum absolute atomic E-state index is 13.1. The van der Waals surface area contributed by atoms with Gasteiger partial charge in [-0.05, 0) is 6.92 Å². The first-order chi connectivity index (χ1) is 11.0. The summed E-state index contributed by atoms with van der Waals surface area (Å²) in [7, 11) is -6.60. The van der Waals surface area contributed by atoms with E-state index in [9.17, 15) is 40.0 Å². The number of ether oxygens (including phenoxy) is 2. The summed E-state index contributed by atoms with van der Waals surface area (Å²) >= 11 is 0. The summed E-state index contributed by atoms with van der Waals surface area (Å²) in [6.07, 6.45) is -10.7. The second-order valence-electron chi connectivity index (χ2n) is 4.90. The van der Waals surface area contributed by atoms with Gasteiger partial charge in [0.1, 0.15) is 5.41 Å². The normalized spacial score (nSPS) is 14.8. The molecule has 0 rings (SSSR count). The summed E-state index contributed by atoms with van der Waals surface area (Å²) in [5, 5.41) is 11.8. The average molecular weight is 404 g/mol. The number of alkyl halides is 5. The van der Waals surface area contributed by atoms with Crippen LogP contribution in [0.15, 0.2) is 0 Å². The molecule has 0 aromatic heterocycles. The minimum atomic E-state index is -6.60. The van der Waals surface area contributed by atoms with Crippen LogP contribution in [0, 0.1) is 5.41 Å². The highest BCUT2D eigenvalue weighted by Gasteiger charge is 2.66. The molecule has 0 amide bonds. The fourth-order valence-electron chi connectivity index (χ4n) is 1.10. The lowest BCUT2D eigenvalue weighted by Crippen LogP contribution is -2.52. The van der Waals surface area contributed by atoms with Crippen molar-refractivity contribution in [2.24, 2.45) is 5.41 Å². The van der Waals surface area contributed by atoms with E-state index < -0.39 is 64.8 Å². The third-order valence-electron chi connectivity index (χ3n) is 2.71. The highest BCUT2D eigenvalue weighted by atomic mass is 32.2. The van der Waals surface area contributed by atoms with Crippen molar-refractivity contribution in [3.8, 4) is 0 Å². The molecule has 1 atom stereocenters. The first-order valence-corrected chi connectivity index (χ1v) is 7.47. The highest BCUT2D eigenvalue weighted by Crippen LogP contribution is 2.38. The second kappa shape index (κ2) is 7.76. The predicted octanol–water partition coefficient (Wildman–Crippen LogP) is -0.525. The predicted molar refractivity (Wildman–Crippen MR) is 65.7 cm³/mol. The fourth-order valence-corrected chi connectivity index (χ4v) is 1.56. The summed E-state index contributed by atoms with van der Waals surface area (Å²) in [6.45, 7) is -2.68. The van der Waals surface area contributed by atoms with Crippen molar-refractivity contribution in [1.82, 2.24) is 0 Å². The lowest BCUT2D eigenvalue weighted by Gasteiger charge is -2.26. The molecule has 0 heterocycles. The molecule has 1 unspecified atom stereocenters. The van der Waals surface area contributed by atoms with Crippen LogP contribution >= 0.6 is 0 Å². The van der Waals surface area contributed by atoms with Gasteiger partial charge < -0.3 is 19.7 Å². The zero-order valence-electron chi connectivity index (χ0n) is 12.3. The van der Waals surface area contributed by atoms with E-state index in [1.54, 1.807) is 0 Å². The van der Waals surface area contributed by atoms with Crippen LogP contribution in [0.25, 0.3) is 0 Å². The zero-order chi connectivity index (χ0) is 20.3. The van der Waals surface area contributed by atoms with Gasteiger partial charge >= 0.3 is 33.5 Å². The lowest BCUT2D eigenvalue weighted by molar-refractivity contribution is -0.260. The monoisotopic (exact) mass is 404 g/mol. The molecule has 0 bridgehead atoms. The maximum atomic E-state index is 13.1. The van der Waals surface area contributed by atoms with Crippen molar-refractivity contribution in [3.63, 3.8) is 0 Å². The second-order valence-corrected chi connectivity index (χ2v) is 6.40. The van der Waals surface area contributed by atoms with Gasteiger partial charge in [0.25, 0.3) is 6.10 Å². The maximum Gasteiger partial charge on any atom is 0.432 e. The van der Waals surface area contributed by atoms with E-state index in [1.807, 2.05) is 0 Å². The molecule has 0 fully saturated rings. The highest BCUT2D eigenvalue weighted by molar-refractivity contribution is 7.86. The van der Waals surface area contributed by atoms with E-state index in [0.29, 0.717) is 0 Å². The minimum absolute atomic E-state index is 0.950. The Morgan fingerprint density at radius 1 is 1.08 bits per heavy atom. The Hall–Kier alpha value is -1.58. The molecule has 3 N–H and O–H groups in total. The van der Waals surface area contributed by atoms with Crippen LogP contribution in [0.4, 0.5) is 22.0 Å². The number of halogens is 5. The van der Waals surface area contributed by atoms with Gasteiger partial charge in [-0.2, -0.15) is 30.4 Å². The number of hydrogen-bond donors (Lipinski definition) is 3. The van der Waals surface area contributed by atoms with Gasteiger partial charge in [0.2, 0.25) is 0 Å². The Morgan fingerprint density at radius 3 is 1.84 bits per heavy atom. The number of carbonyl (C=O) groups excluding carboxylic acids is 2. The molecule has 0 aromatic rings. The van der Waals surface area contributed by atoms with Gasteiger partial charge in [-0.25, -0.2) is 4.79 Å². The van der Waals surface area contributed by atoms with Crippen LogP contribution in [0.1, 0.15) is 6.92 Å². The first-order valence-electron chi connectivity index (χ1n) is 6.03. The van der Waals surface area contributed by atoms with E-state index >= 15 is 0 Å². The van der Waals surface area contributed by atoms with Crippen molar-refractivity contribution in [3.05, 3.63) is 0 Å². The molecular formula is C10H13F5O9S. The molecule has 9 nitrogen and oxygen atoms in total. The van der Waals surface area contributed by atoms with Gasteiger partial charge in [0.15, 0.2) is 6.61 Å². The van der Waals surface area contributed by atoms with Crippen LogP contribution in [-0.4, -0.2) is 72.5 Å². The Bertz CT molecular complexity index is 596. The van der Waals surface area contributed by atoms with Crippen LogP contribution < -0.4 is 0 Å². The largest absolute Gasteiger partial charge is 0.453 e. The average Bonchev–Trinajstić information content (AvgIpc) is 2.46. The van der Waals surface area contributed by atoms with Crippen LogP contribution in [0.3, 0.4) is 0 Å². The smallest absolute Gasteiger partial charge is 0.432 e. The number of hydrogen-bond acceptors (Lipinski definition) is 8. The van der Waals surface area contributed by atoms with E-state index in [0.717, 1.165) is 6.92 Å². The van der Waals surface area contributed by atoms with Crippen molar-refractivity contribution < 1.29 is 64.2 Å². The van der Waals surface area contributed by atoms with Crippen molar-refractivity contribution in [1.29, 1.82) is 0 Å². The molecule has 25 heavy (non-hydrogen) atoms. The summed E-state index contributed by atoms with van der Waals surface area (Å²) in [4.78, 5) is 22.6. The van der Waals surface area contributed by atoms with Crippen LogP contribution in [0.2, 0.25) is 0 Å². The van der Waals surface area contributed by atoms with Crippen molar-refractivity contribution >= 4 is 22.1 Å². The Kier molecular flexibility index (Phi) is 7.27. The minimum Gasteiger partial charge on any atom is -0.453 e. The quantitative estimate of drug-likeness (QED) is 0.276. The molecule has 0 aromatic carbocycles. The SMILES string of the molecule is CC(CO)(CO)C(=O)OCC(=O)OC(C(F)(F)F)C(F)(F)S(=O)(=O)O. The van der Waals surface area contributed by atoms with Gasteiger partial charge in [-0.1, -0.05) is 0 Å². The number of aliphatic hydroxyl groups excluding tert-OH is 2. The van der Waals surface area contributed by atoms with Crippen molar-refractivity contribution in [2.75, 3.05) is 19.8 Å². The fraction of sp³-hybridized carbons (Fsp3) is 0.800. The molecule has 0 aliphatic carbocycles. The van der Waals surface area contributed by atoms with E-state index in [1.165, 1.54) is 0 Å². The lowest BCUT2D eigenvalue weighted by atomic mass is 9.93. The Balaban J connectivity index is 5.19. The van der Waals surface area contributed by atoms with E-state index in [-0.39, 0.29) is 0 Å². The van der Waals surface area contributed by atoms with E-state index in [2.05, 4.69) is 9.47 Å². The van der Waals surface area contributed by atoms with Gasteiger partial charge in [0, 0.05) is 0 Å². The van der Waals surface area contributed by atoms with Gasteiger partial charge in [-0.3, -0.25) is 9.35 Å². The molecule has 148 valence electrons. The molecule has 0 aliphatic rings. The van der Waals surface area contributed by atoms with Gasteiger partial charge in [0.05, 0.1) is 13.2 Å². The van der Waals surface area contributed by atoms with Crippen LogP contribution in [0.5, 0.6) is 0 Å². The molecule has 0 spiro atoms. The van der Waals surface area contributed by atoms with Crippen LogP contribution in [-0.2, 0) is 29.2 Å². The molecule has 0 aliphatic heterocycles.